The zero-order valence-electron chi connectivity index (χ0n) is 16.1. The summed E-state index contributed by atoms with van der Waals surface area (Å²) in [5.74, 6) is -0.474. The molecule has 1 aliphatic heterocycles. The molecule has 0 bridgehead atoms. The number of anilines is 2. The van der Waals surface area contributed by atoms with E-state index in [1.807, 2.05) is 32.0 Å². The molecule has 8 heteroatoms. The number of rotatable bonds is 3. The number of fused-ring (bicyclic) bond motifs is 1. The second-order valence-electron chi connectivity index (χ2n) is 7.00. The van der Waals surface area contributed by atoms with Crippen LogP contribution in [0.2, 0.25) is 5.02 Å². The summed E-state index contributed by atoms with van der Waals surface area (Å²) in [5.41, 5.74) is 3.75. The van der Waals surface area contributed by atoms with Gasteiger partial charge < -0.3 is 10.6 Å². The molecule has 1 aromatic heterocycles. The number of aromatic nitrogens is 3. The van der Waals surface area contributed by atoms with E-state index in [9.17, 15) is 9.18 Å². The average molecular weight is 412 g/mol. The summed E-state index contributed by atoms with van der Waals surface area (Å²) in [5, 5.41) is 10.4. The molecule has 2 aromatic carbocycles. The van der Waals surface area contributed by atoms with Gasteiger partial charge in [0.25, 0.3) is 5.91 Å². The molecule has 148 valence electrons. The number of hydrogen-bond donors (Lipinski definition) is 2. The second-order valence-corrected chi connectivity index (χ2v) is 7.41. The predicted molar refractivity (Wildman–Crippen MR) is 110 cm³/mol. The Balaban J connectivity index is 1.82. The highest BCUT2D eigenvalue weighted by Gasteiger charge is 2.36. The molecule has 0 aliphatic carbocycles. The molecule has 0 fully saturated rings. The molecule has 4 rings (SSSR count). The minimum Gasteiger partial charge on any atom is -0.328 e. The van der Waals surface area contributed by atoms with Gasteiger partial charge in [-0.25, -0.2) is 9.07 Å². The Hall–Kier alpha value is -3.19. The van der Waals surface area contributed by atoms with Crippen molar-refractivity contribution in [2.24, 2.45) is 0 Å². The fourth-order valence-corrected chi connectivity index (χ4v) is 3.83. The van der Waals surface area contributed by atoms with Crippen LogP contribution in [0.1, 0.15) is 29.7 Å². The van der Waals surface area contributed by atoms with Crippen LogP contribution in [0.5, 0.6) is 0 Å². The van der Waals surface area contributed by atoms with Gasteiger partial charge >= 0.3 is 0 Å². The van der Waals surface area contributed by atoms with E-state index in [0.29, 0.717) is 22.9 Å². The maximum absolute atomic E-state index is 14.8. The van der Waals surface area contributed by atoms with Gasteiger partial charge in [0.2, 0.25) is 5.95 Å². The maximum atomic E-state index is 14.8. The second kappa shape index (κ2) is 7.33. The number of nitrogens with one attached hydrogen (secondary N) is 2. The lowest BCUT2D eigenvalue weighted by molar-refractivity contribution is -0.113. The zero-order chi connectivity index (χ0) is 20.7. The van der Waals surface area contributed by atoms with Crippen molar-refractivity contribution in [2.45, 2.75) is 26.8 Å². The van der Waals surface area contributed by atoms with E-state index in [2.05, 4.69) is 20.7 Å². The molecule has 2 N–H and O–H groups in total. The molecule has 1 unspecified atom stereocenters. The Morgan fingerprint density at radius 2 is 2.03 bits per heavy atom. The standard InChI is InChI=1S/C21H19ClFN5O/c1-11-7-8-16(12(2)9-11)27-20(29)17-13(3)26-21-24-10-25-28(21)19(17)18-14(22)5-4-6-15(18)23/h4-10,19H,1-3H3,(H,27,29)(H,24,25,26). The number of benzene rings is 2. The van der Waals surface area contributed by atoms with Crippen LogP contribution >= 0.6 is 11.6 Å². The van der Waals surface area contributed by atoms with Crippen LogP contribution in [-0.2, 0) is 4.79 Å². The number of carbonyl (C=O) groups excluding carboxylic acids is 1. The normalized spacial score (nSPS) is 15.7. The predicted octanol–water partition coefficient (Wildman–Crippen LogP) is 4.62. The number of halogens is 2. The van der Waals surface area contributed by atoms with Gasteiger partial charge in [0.1, 0.15) is 18.2 Å². The molecule has 1 amide bonds. The molecule has 0 saturated heterocycles. The van der Waals surface area contributed by atoms with E-state index in [0.717, 1.165) is 11.1 Å². The quantitative estimate of drug-likeness (QED) is 0.660. The molecular weight excluding hydrogens is 393 g/mol. The van der Waals surface area contributed by atoms with Crippen molar-refractivity contribution in [3.63, 3.8) is 0 Å². The number of hydrogen-bond acceptors (Lipinski definition) is 4. The van der Waals surface area contributed by atoms with Crippen molar-refractivity contribution in [3.05, 3.63) is 81.5 Å². The van der Waals surface area contributed by atoms with Gasteiger partial charge in [-0.05, 0) is 44.5 Å². The number of aryl methyl sites for hydroxylation is 2. The third-order valence-electron chi connectivity index (χ3n) is 4.94. The molecule has 1 atom stereocenters. The van der Waals surface area contributed by atoms with E-state index >= 15 is 0 Å². The summed E-state index contributed by atoms with van der Waals surface area (Å²) in [4.78, 5) is 17.5. The molecule has 0 radical (unpaired) electrons. The maximum Gasteiger partial charge on any atom is 0.255 e. The molecule has 0 spiro atoms. The van der Waals surface area contributed by atoms with Crippen molar-refractivity contribution in [3.8, 4) is 0 Å². The molecule has 0 saturated carbocycles. The largest absolute Gasteiger partial charge is 0.328 e. The van der Waals surface area contributed by atoms with Crippen molar-refractivity contribution in [1.82, 2.24) is 14.8 Å². The van der Waals surface area contributed by atoms with Gasteiger partial charge in [-0.15, -0.1) is 0 Å². The summed E-state index contributed by atoms with van der Waals surface area (Å²) < 4.78 is 16.3. The van der Waals surface area contributed by atoms with Gasteiger partial charge in [0.15, 0.2) is 0 Å². The van der Waals surface area contributed by atoms with Gasteiger partial charge in [-0.1, -0.05) is 35.4 Å². The van der Waals surface area contributed by atoms with Crippen LogP contribution in [0, 0.1) is 19.7 Å². The van der Waals surface area contributed by atoms with E-state index in [-0.39, 0.29) is 16.5 Å². The van der Waals surface area contributed by atoms with Crippen LogP contribution in [0.4, 0.5) is 16.0 Å². The fraction of sp³-hybridized carbons (Fsp3) is 0.190. The summed E-state index contributed by atoms with van der Waals surface area (Å²) >= 11 is 6.34. The van der Waals surface area contributed by atoms with Crippen LogP contribution in [0.25, 0.3) is 0 Å². The Morgan fingerprint density at radius 1 is 1.24 bits per heavy atom. The minimum absolute atomic E-state index is 0.174. The third-order valence-corrected chi connectivity index (χ3v) is 5.27. The fourth-order valence-electron chi connectivity index (χ4n) is 3.57. The molecular formula is C21H19ClFN5O. The highest BCUT2D eigenvalue weighted by atomic mass is 35.5. The van der Waals surface area contributed by atoms with Crippen molar-refractivity contribution >= 4 is 29.1 Å². The number of allylic oxidation sites excluding steroid dienone is 1. The Bertz CT molecular complexity index is 1130. The van der Waals surface area contributed by atoms with Gasteiger partial charge in [0, 0.05) is 22.0 Å². The molecule has 3 aromatic rings. The first kappa shape index (κ1) is 19.1. The molecule has 1 aliphatic rings. The molecule has 2 heterocycles. The van der Waals surface area contributed by atoms with Crippen LogP contribution in [-0.4, -0.2) is 20.7 Å². The van der Waals surface area contributed by atoms with E-state index in [1.165, 1.54) is 23.1 Å². The molecule has 29 heavy (non-hydrogen) atoms. The zero-order valence-corrected chi connectivity index (χ0v) is 16.9. The van der Waals surface area contributed by atoms with Crippen molar-refractivity contribution in [1.29, 1.82) is 0 Å². The lowest BCUT2D eigenvalue weighted by atomic mass is 9.94. The van der Waals surface area contributed by atoms with E-state index in [1.54, 1.807) is 13.0 Å². The van der Waals surface area contributed by atoms with Gasteiger partial charge in [-0.2, -0.15) is 10.1 Å². The number of carbonyl (C=O) groups is 1. The van der Waals surface area contributed by atoms with Crippen molar-refractivity contribution < 1.29 is 9.18 Å². The highest BCUT2D eigenvalue weighted by Crippen LogP contribution is 2.39. The van der Waals surface area contributed by atoms with Crippen LogP contribution in [0.3, 0.4) is 0 Å². The summed E-state index contributed by atoms with van der Waals surface area (Å²) in [6.07, 6.45) is 1.35. The van der Waals surface area contributed by atoms with Gasteiger partial charge in [0.05, 0.1) is 5.57 Å². The summed E-state index contributed by atoms with van der Waals surface area (Å²) in [6, 6.07) is 9.33. The smallest absolute Gasteiger partial charge is 0.255 e. The number of nitrogens with zero attached hydrogens (tertiary/aromatic N) is 3. The summed E-state index contributed by atoms with van der Waals surface area (Å²) in [6.45, 7) is 5.65. The highest BCUT2D eigenvalue weighted by molar-refractivity contribution is 6.31. The first-order valence-electron chi connectivity index (χ1n) is 9.06. The minimum atomic E-state index is -0.854. The number of amides is 1. The summed E-state index contributed by atoms with van der Waals surface area (Å²) in [7, 11) is 0. The first-order chi connectivity index (χ1) is 13.9. The van der Waals surface area contributed by atoms with Crippen molar-refractivity contribution in [2.75, 3.05) is 10.6 Å². The average Bonchev–Trinajstić information content (AvgIpc) is 3.11. The van der Waals surface area contributed by atoms with Gasteiger partial charge in [-0.3, -0.25) is 4.79 Å². The van der Waals surface area contributed by atoms with Crippen LogP contribution in [0.15, 0.2) is 54.0 Å². The van der Waals surface area contributed by atoms with E-state index < -0.39 is 11.9 Å². The lowest BCUT2D eigenvalue weighted by Gasteiger charge is -2.29. The Kier molecular flexibility index (Phi) is 4.84. The van der Waals surface area contributed by atoms with E-state index in [4.69, 9.17) is 11.6 Å². The monoisotopic (exact) mass is 411 g/mol. The Labute approximate surface area is 172 Å². The van der Waals surface area contributed by atoms with Crippen LogP contribution < -0.4 is 10.6 Å². The SMILES string of the molecule is CC1=C(C(=O)Nc2ccc(C)cc2C)C(c2c(F)cccc2Cl)n2ncnc2N1. The topological polar surface area (TPSA) is 71.8 Å². The molecule has 6 nitrogen and oxygen atoms in total. The Morgan fingerprint density at radius 3 is 2.76 bits per heavy atom. The lowest BCUT2D eigenvalue weighted by Crippen LogP contribution is -2.32. The third kappa shape index (κ3) is 3.38. The first-order valence-corrected chi connectivity index (χ1v) is 9.44.